The van der Waals surface area contributed by atoms with Gasteiger partial charge in [0.05, 0.1) is 16.7 Å². The van der Waals surface area contributed by atoms with Gasteiger partial charge in [0.25, 0.3) is 0 Å². The van der Waals surface area contributed by atoms with Crippen molar-refractivity contribution in [2.24, 2.45) is 0 Å². The van der Waals surface area contributed by atoms with Crippen LogP contribution in [0.3, 0.4) is 0 Å². The molecule has 0 aliphatic heterocycles. The minimum Gasteiger partial charge on any atom is -0.748 e. The van der Waals surface area contributed by atoms with Crippen LogP contribution in [-0.2, 0) is 19.6 Å². The van der Waals surface area contributed by atoms with Gasteiger partial charge in [-0.05, 0) is 13.3 Å². The summed E-state index contributed by atoms with van der Waals surface area (Å²) < 4.78 is 35.4. The van der Waals surface area contributed by atoms with Crippen LogP contribution in [0.5, 0.6) is 0 Å². The van der Waals surface area contributed by atoms with E-state index in [-0.39, 0.29) is 64.4 Å². The standard InChI is InChI=1S/C6H12O5S.K/c1-5(12(8,9)10)3-4-11-6(2)7;/h5H,3-4H2,1-2H3,(H,8,9,10);/q;+1/p-1. The van der Waals surface area contributed by atoms with E-state index in [0.717, 1.165) is 0 Å². The summed E-state index contributed by atoms with van der Waals surface area (Å²) in [4.78, 5) is 10.2. The second-order valence-corrected chi connectivity index (χ2v) is 4.22. The van der Waals surface area contributed by atoms with Gasteiger partial charge in [-0.25, -0.2) is 8.42 Å². The third kappa shape index (κ3) is 9.32. The van der Waals surface area contributed by atoms with Crippen molar-refractivity contribution >= 4 is 16.1 Å². The number of carbonyl (C=O) groups is 1. The van der Waals surface area contributed by atoms with Crippen molar-refractivity contribution in [3.05, 3.63) is 0 Å². The minimum atomic E-state index is -4.24. The number of hydrogen-bond acceptors (Lipinski definition) is 5. The van der Waals surface area contributed by atoms with Gasteiger partial charge in [-0.1, -0.05) is 0 Å². The molecule has 0 radical (unpaired) electrons. The predicted octanol–water partition coefficient (Wildman–Crippen LogP) is -3.12. The quantitative estimate of drug-likeness (QED) is 0.292. The summed E-state index contributed by atoms with van der Waals surface area (Å²) in [7, 11) is -4.24. The summed E-state index contributed by atoms with van der Waals surface area (Å²) in [6.45, 7) is 2.47. The van der Waals surface area contributed by atoms with Gasteiger partial charge >= 0.3 is 57.4 Å². The SMILES string of the molecule is CC(=O)OCCC(C)S(=O)(=O)[O-].[K+]. The number of carbonyl (C=O) groups excluding carboxylic acids is 1. The maximum absolute atomic E-state index is 10.3. The molecular weight excluding hydrogens is 223 g/mol. The van der Waals surface area contributed by atoms with Crippen LogP contribution in [0.2, 0.25) is 0 Å². The molecule has 0 amide bonds. The van der Waals surface area contributed by atoms with Gasteiger partial charge in [0, 0.05) is 12.2 Å². The Bertz CT molecular complexity index is 248. The molecule has 0 saturated heterocycles. The van der Waals surface area contributed by atoms with E-state index in [1.54, 1.807) is 0 Å². The molecule has 0 rings (SSSR count). The van der Waals surface area contributed by atoms with Crippen LogP contribution in [-0.4, -0.2) is 30.8 Å². The van der Waals surface area contributed by atoms with Crippen molar-refractivity contribution in [1.82, 2.24) is 0 Å². The van der Waals surface area contributed by atoms with Gasteiger partial charge in [-0.15, -0.1) is 0 Å². The van der Waals surface area contributed by atoms with Crippen molar-refractivity contribution in [2.75, 3.05) is 6.61 Å². The molecule has 13 heavy (non-hydrogen) atoms. The zero-order valence-corrected chi connectivity index (χ0v) is 11.9. The summed E-state index contributed by atoms with van der Waals surface area (Å²) in [5, 5.41) is -1.00. The molecule has 5 nitrogen and oxygen atoms in total. The van der Waals surface area contributed by atoms with E-state index in [1.807, 2.05) is 0 Å². The van der Waals surface area contributed by atoms with Crippen LogP contribution in [0, 0.1) is 0 Å². The summed E-state index contributed by atoms with van der Waals surface area (Å²) in [5.74, 6) is -0.481. The Balaban J connectivity index is 0. The maximum atomic E-state index is 10.3. The van der Waals surface area contributed by atoms with Gasteiger partial charge in [0.2, 0.25) is 0 Å². The van der Waals surface area contributed by atoms with Crippen molar-refractivity contribution in [2.45, 2.75) is 25.5 Å². The van der Waals surface area contributed by atoms with Crippen LogP contribution in [0.1, 0.15) is 20.3 Å². The van der Waals surface area contributed by atoms with E-state index < -0.39 is 21.3 Å². The van der Waals surface area contributed by atoms with Crippen LogP contribution in [0.4, 0.5) is 0 Å². The molecule has 0 saturated carbocycles. The molecule has 0 aliphatic rings. The Labute approximate surface area is 120 Å². The number of rotatable bonds is 4. The van der Waals surface area contributed by atoms with Crippen LogP contribution < -0.4 is 51.4 Å². The van der Waals surface area contributed by atoms with E-state index in [2.05, 4.69) is 4.74 Å². The third-order valence-corrected chi connectivity index (χ3v) is 2.54. The molecule has 0 heterocycles. The fraction of sp³-hybridized carbons (Fsp3) is 0.833. The Hall–Kier alpha value is 1.02. The molecule has 1 atom stereocenters. The summed E-state index contributed by atoms with van der Waals surface area (Å²) in [6.07, 6.45) is 0.0470. The van der Waals surface area contributed by atoms with Crippen LogP contribution in [0.15, 0.2) is 0 Å². The van der Waals surface area contributed by atoms with Crippen molar-refractivity contribution < 1.29 is 73.9 Å². The molecule has 72 valence electrons. The summed E-state index contributed by atoms with van der Waals surface area (Å²) in [6, 6.07) is 0. The zero-order valence-electron chi connectivity index (χ0n) is 7.94. The summed E-state index contributed by atoms with van der Waals surface area (Å²) >= 11 is 0. The molecule has 0 bridgehead atoms. The fourth-order valence-electron chi connectivity index (χ4n) is 0.513. The first-order chi connectivity index (χ1) is 5.34. The second-order valence-electron chi connectivity index (χ2n) is 2.43. The Kier molecular flexibility index (Phi) is 9.27. The first-order valence-corrected chi connectivity index (χ1v) is 4.89. The second kappa shape index (κ2) is 7.33. The largest absolute Gasteiger partial charge is 1.00 e. The average molecular weight is 234 g/mol. The zero-order chi connectivity index (χ0) is 9.78. The molecule has 0 aromatic heterocycles. The van der Waals surface area contributed by atoms with Gasteiger partial charge < -0.3 is 9.29 Å². The number of ether oxygens (including phenoxy) is 1. The first-order valence-electron chi connectivity index (χ1n) is 3.42. The third-order valence-electron chi connectivity index (χ3n) is 1.32. The van der Waals surface area contributed by atoms with Gasteiger partial charge in [-0.3, -0.25) is 4.79 Å². The Morgan fingerprint density at radius 1 is 1.54 bits per heavy atom. The molecule has 0 spiro atoms. The molecule has 0 aromatic carbocycles. The van der Waals surface area contributed by atoms with E-state index in [4.69, 9.17) is 0 Å². The van der Waals surface area contributed by atoms with Crippen molar-refractivity contribution in [3.8, 4) is 0 Å². The maximum Gasteiger partial charge on any atom is 1.00 e. The topological polar surface area (TPSA) is 83.5 Å². The van der Waals surface area contributed by atoms with Crippen LogP contribution >= 0.6 is 0 Å². The minimum absolute atomic E-state index is 0. The average Bonchev–Trinajstić information content (AvgIpc) is 1.84. The van der Waals surface area contributed by atoms with Crippen molar-refractivity contribution in [1.29, 1.82) is 0 Å². The van der Waals surface area contributed by atoms with Gasteiger partial charge in [0.1, 0.15) is 0 Å². The molecule has 1 unspecified atom stereocenters. The predicted molar refractivity (Wildman–Crippen MR) is 40.4 cm³/mol. The molecule has 7 heteroatoms. The molecule has 0 aliphatic carbocycles. The molecule has 0 aromatic rings. The van der Waals surface area contributed by atoms with E-state index in [0.29, 0.717) is 0 Å². The molecular formula is C6H11KO5S. The van der Waals surface area contributed by atoms with Gasteiger partial charge in [-0.2, -0.15) is 0 Å². The Morgan fingerprint density at radius 3 is 2.31 bits per heavy atom. The van der Waals surface area contributed by atoms with E-state index in [9.17, 15) is 17.8 Å². The smallest absolute Gasteiger partial charge is 0.748 e. The van der Waals surface area contributed by atoms with Gasteiger partial charge in [0.15, 0.2) is 0 Å². The first kappa shape index (κ1) is 16.4. The van der Waals surface area contributed by atoms with E-state index in [1.165, 1.54) is 13.8 Å². The summed E-state index contributed by atoms with van der Waals surface area (Å²) in [5.41, 5.74) is 0. The Morgan fingerprint density at radius 2 is 2.00 bits per heavy atom. The monoisotopic (exact) mass is 234 g/mol. The molecule has 0 N–H and O–H groups in total. The number of esters is 1. The van der Waals surface area contributed by atoms with Crippen LogP contribution in [0.25, 0.3) is 0 Å². The normalized spacial score (nSPS) is 12.8. The molecule has 0 fully saturated rings. The number of hydrogen-bond donors (Lipinski definition) is 0. The van der Waals surface area contributed by atoms with Crippen molar-refractivity contribution in [3.63, 3.8) is 0 Å². The van der Waals surface area contributed by atoms with E-state index >= 15 is 0 Å². The fourth-order valence-corrected chi connectivity index (χ4v) is 0.898.